The maximum absolute atomic E-state index is 12.8. The number of anilines is 1. The summed E-state index contributed by atoms with van der Waals surface area (Å²) >= 11 is 1.04. The van der Waals surface area contributed by atoms with Crippen LogP contribution in [0, 0.1) is 6.92 Å². The SMILES string of the molecule is COC(=O)c1sc(NC(=O)/C=C/c2ccc(S(=O)(=O)N3CCCCCC3)cc2)nc1C. The van der Waals surface area contributed by atoms with Crippen molar-refractivity contribution in [1.29, 1.82) is 0 Å². The quantitative estimate of drug-likeness (QED) is 0.520. The van der Waals surface area contributed by atoms with E-state index in [0.29, 0.717) is 34.4 Å². The third-order valence-corrected chi connectivity index (χ3v) is 7.87. The van der Waals surface area contributed by atoms with Gasteiger partial charge in [-0.05, 0) is 43.5 Å². The largest absolute Gasteiger partial charge is 0.465 e. The number of hydrogen-bond acceptors (Lipinski definition) is 7. The lowest BCUT2D eigenvalue weighted by Gasteiger charge is -2.19. The summed E-state index contributed by atoms with van der Waals surface area (Å²) in [5.41, 5.74) is 1.17. The summed E-state index contributed by atoms with van der Waals surface area (Å²) in [7, 11) is -2.22. The Morgan fingerprint density at radius 3 is 2.39 bits per heavy atom. The Hall–Kier alpha value is -2.56. The number of nitrogens with one attached hydrogen (secondary N) is 1. The molecule has 1 aliphatic rings. The van der Waals surface area contributed by atoms with Gasteiger partial charge in [0.2, 0.25) is 15.9 Å². The fourth-order valence-electron chi connectivity index (χ4n) is 3.23. The van der Waals surface area contributed by atoms with Gasteiger partial charge in [0, 0.05) is 19.2 Å². The maximum Gasteiger partial charge on any atom is 0.350 e. The molecule has 1 fully saturated rings. The van der Waals surface area contributed by atoms with Gasteiger partial charge in [-0.15, -0.1) is 0 Å². The highest BCUT2D eigenvalue weighted by molar-refractivity contribution is 7.89. The Kier molecular flexibility index (Phi) is 7.58. The van der Waals surface area contributed by atoms with Crippen molar-refractivity contribution in [3.8, 4) is 0 Å². The van der Waals surface area contributed by atoms with E-state index in [1.807, 2.05) is 0 Å². The van der Waals surface area contributed by atoms with Gasteiger partial charge in [0.1, 0.15) is 4.88 Å². The second-order valence-corrected chi connectivity index (χ2v) is 10.1. The van der Waals surface area contributed by atoms with E-state index in [2.05, 4.69) is 15.0 Å². The summed E-state index contributed by atoms with van der Waals surface area (Å²) < 4.78 is 31.9. The zero-order chi connectivity index (χ0) is 22.4. The molecule has 1 saturated heterocycles. The number of methoxy groups -OCH3 is 1. The average molecular weight is 464 g/mol. The molecule has 0 unspecified atom stereocenters. The van der Waals surface area contributed by atoms with Crippen LogP contribution in [-0.2, 0) is 19.6 Å². The first kappa shape index (κ1) is 23.1. The van der Waals surface area contributed by atoms with Crippen molar-refractivity contribution in [2.45, 2.75) is 37.5 Å². The van der Waals surface area contributed by atoms with Gasteiger partial charge in [-0.1, -0.05) is 36.3 Å². The predicted octanol–water partition coefficient (Wildman–Crippen LogP) is 3.45. The zero-order valence-electron chi connectivity index (χ0n) is 17.5. The molecule has 10 heteroatoms. The van der Waals surface area contributed by atoms with Crippen molar-refractivity contribution < 1.29 is 22.7 Å². The molecule has 1 amide bonds. The standard InChI is InChI=1S/C21H25N3O5S2/c1-15-19(20(26)29-2)30-21(22-15)23-18(25)12-9-16-7-10-17(11-8-16)31(27,28)24-13-5-3-4-6-14-24/h7-12H,3-6,13-14H2,1-2H3,(H,22,23,25)/b12-9+. The van der Waals surface area contributed by atoms with Gasteiger partial charge in [0.05, 0.1) is 17.7 Å². The molecule has 0 bridgehead atoms. The van der Waals surface area contributed by atoms with Gasteiger partial charge >= 0.3 is 5.97 Å². The van der Waals surface area contributed by atoms with Crippen molar-refractivity contribution in [2.24, 2.45) is 0 Å². The van der Waals surface area contributed by atoms with Crippen molar-refractivity contribution in [1.82, 2.24) is 9.29 Å². The topological polar surface area (TPSA) is 106 Å². The Morgan fingerprint density at radius 2 is 1.77 bits per heavy atom. The molecule has 1 aromatic carbocycles. The summed E-state index contributed by atoms with van der Waals surface area (Å²) in [5, 5.41) is 2.91. The molecule has 2 aromatic rings. The Morgan fingerprint density at radius 1 is 1.13 bits per heavy atom. The maximum atomic E-state index is 12.8. The minimum atomic E-state index is -3.50. The fourth-order valence-corrected chi connectivity index (χ4v) is 5.64. The molecule has 1 aromatic heterocycles. The number of esters is 1. The smallest absolute Gasteiger partial charge is 0.350 e. The number of sulfonamides is 1. The minimum Gasteiger partial charge on any atom is -0.465 e. The number of carbonyl (C=O) groups excluding carboxylic acids is 2. The average Bonchev–Trinajstić information content (AvgIpc) is 2.95. The number of amides is 1. The van der Waals surface area contributed by atoms with E-state index in [1.54, 1.807) is 41.6 Å². The van der Waals surface area contributed by atoms with Gasteiger partial charge < -0.3 is 4.74 Å². The minimum absolute atomic E-state index is 0.254. The van der Waals surface area contributed by atoms with Crippen LogP contribution < -0.4 is 5.32 Å². The monoisotopic (exact) mass is 463 g/mol. The molecule has 8 nitrogen and oxygen atoms in total. The number of thiazole rings is 1. The second-order valence-electron chi connectivity index (χ2n) is 7.14. The van der Waals surface area contributed by atoms with Gasteiger partial charge in [-0.2, -0.15) is 4.31 Å². The van der Waals surface area contributed by atoms with E-state index in [-0.39, 0.29) is 4.90 Å². The fraction of sp³-hybridized carbons (Fsp3) is 0.381. The molecule has 0 atom stereocenters. The van der Waals surface area contributed by atoms with Crippen molar-refractivity contribution >= 4 is 44.4 Å². The van der Waals surface area contributed by atoms with E-state index in [0.717, 1.165) is 37.0 Å². The highest BCUT2D eigenvalue weighted by atomic mass is 32.2. The number of aromatic nitrogens is 1. The predicted molar refractivity (Wildman–Crippen MR) is 120 cm³/mol. The number of rotatable bonds is 6. The summed E-state index contributed by atoms with van der Waals surface area (Å²) in [6.07, 6.45) is 6.79. The van der Waals surface area contributed by atoms with Crippen LogP contribution in [0.15, 0.2) is 35.2 Å². The Bertz CT molecular complexity index is 1070. The van der Waals surface area contributed by atoms with Crippen LogP contribution in [0.25, 0.3) is 6.08 Å². The van der Waals surface area contributed by atoms with E-state index >= 15 is 0 Å². The van der Waals surface area contributed by atoms with Crippen molar-refractivity contribution in [2.75, 3.05) is 25.5 Å². The lowest BCUT2D eigenvalue weighted by atomic mass is 10.2. The van der Waals surface area contributed by atoms with Crippen LogP contribution in [0.2, 0.25) is 0 Å². The second kappa shape index (κ2) is 10.2. The Labute approximate surface area is 186 Å². The Balaban J connectivity index is 1.64. The number of ether oxygens (including phenoxy) is 1. The number of carbonyl (C=O) groups is 2. The van der Waals surface area contributed by atoms with Crippen LogP contribution in [0.4, 0.5) is 5.13 Å². The first-order chi connectivity index (χ1) is 14.8. The molecule has 0 aliphatic carbocycles. The summed E-state index contributed by atoms with van der Waals surface area (Å²) in [6.45, 7) is 2.77. The molecule has 31 heavy (non-hydrogen) atoms. The molecule has 3 rings (SSSR count). The van der Waals surface area contributed by atoms with Crippen LogP contribution >= 0.6 is 11.3 Å². The number of aryl methyl sites for hydroxylation is 1. The van der Waals surface area contributed by atoms with Crippen LogP contribution in [-0.4, -0.2) is 49.8 Å². The summed E-state index contributed by atoms with van der Waals surface area (Å²) in [5.74, 6) is -0.910. The molecular weight excluding hydrogens is 438 g/mol. The third kappa shape index (κ3) is 5.78. The molecular formula is C21H25N3O5S2. The molecule has 0 radical (unpaired) electrons. The van der Waals surface area contributed by atoms with E-state index in [4.69, 9.17) is 0 Å². The molecule has 1 aliphatic heterocycles. The van der Waals surface area contributed by atoms with Gasteiger partial charge in [-0.3, -0.25) is 10.1 Å². The number of benzene rings is 1. The van der Waals surface area contributed by atoms with E-state index in [1.165, 1.54) is 13.2 Å². The van der Waals surface area contributed by atoms with Gasteiger partial charge in [-0.25, -0.2) is 18.2 Å². The zero-order valence-corrected chi connectivity index (χ0v) is 19.1. The first-order valence-corrected chi connectivity index (χ1v) is 12.2. The van der Waals surface area contributed by atoms with Crippen LogP contribution in [0.3, 0.4) is 0 Å². The molecule has 166 valence electrons. The van der Waals surface area contributed by atoms with Crippen molar-refractivity contribution in [3.63, 3.8) is 0 Å². The van der Waals surface area contributed by atoms with E-state index < -0.39 is 21.9 Å². The molecule has 0 saturated carbocycles. The van der Waals surface area contributed by atoms with E-state index in [9.17, 15) is 18.0 Å². The number of hydrogen-bond donors (Lipinski definition) is 1. The van der Waals surface area contributed by atoms with Gasteiger partial charge in [0.25, 0.3) is 0 Å². The molecule has 2 heterocycles. The first-order valence-electron chi connectivity index (χ1n) is 9.96. The lowest BCUT2D eigenvalue weighted by molar-refractivity contribution is -0.111. The number of nitrogens with zero attached hydrogens (tertiary/aromatic N) is 2. The highest BCUT2D eigenvalue weighted by Crippen LogP contribution is 2.24. The van der Waals surface area contributed by atoms with Crippen LogP contribution in [0.5, 0.6) is 0 Å². The summed E-state index contributed by atoms with van der Waals surface area (Å²) in [6, 6.07) is 6.45. The third-order valence-electron chi connectivity index (χ3n) is 4.91. The van der Waals surface area contributed by atoms with Crippen LogP contribution in [0.1, 0.15) is 46.6 Å². The molecule has 1 N–H and O–H groups in total. The normalized spacial score (nSPS) is 15.5. The van der Waals surface area contributed by atoms with Gasteiger partial charge in [0.15, 0.2) is 5.13 Å². The molecule has 0 spiro atoms. The highest BCUT2D eigenvalue weighted by Gasteiger charge is 2.24. The summed E-state index contributed by atoms with van der Waals surface area (Å²) in [4.78, 5) is 28.5. The van der Waals surface area contributed by atoms with Crippen molar-refractivity contribution in [3.05, 3.63) is 46.5 Å². The lowest BCUT2D eigenvalue weighted by Crippen LogP contribution is -2.31.